The van der Waals surface area contributed by atoms with Gasteiger partial charge in [-0.1, -0.05) is 45.0 Å². The van der Waals surface area contributed by atoms with Crippen LogP contribution in [0.1, 0.15) is 31.9 Å². The van der Waals surface area contributed by atoms with Gasteiger partial charge in [0.2, 0.25) is 9.84 Å². The zero-order valence-electron chi connectivity index (χ0n) is 18.1. The molecule has 0 unspecified atom stereocenters. The van der Waals surface area contributed by atoms with Gasteiger partial charge in [-0.15, -0.1) is 0 Å². The Morgan fingerprint density at radius 3 is 1.71 bits per heavy atom. The minimum absolute atomic E-state index is 0.124. The van der Waals surface area contributed by atoms with Crippen LogP contribution in [0.15, 0.2) is 64.5 Å². The molecule has 2 aromatic carbocycles. The summed E-state index contributed by atoms with van der Waals surface area (Å²) in [4.78, 5) is -0.909. The Hall–Kier alpha value is -3.04. The van der Waals surface area contributed by atoms with Gasteiger partial charge >= 0.3 is 12.4 Å². The summed E-state index contributed by atoms with van der Waals surface area (Å²) in [5.74, 6) is 0. The molecule has 0 bridgehead atoms. The Morgan fingerprint density at radius 2 is 1.32 bits per heavy atom. The zero-order valence-corrected chi connectivity index (χ0v) is 18.9. The Kier molecular flexibility index (Phi) is 7.17. The lowest BCUT2D eigenvalue weighted by Crippen LogP contribution is -2.53. The fourth-order valence-electron chi connectivity index (χ4n) is 2.88. The molecule has 34 heavy (non-hydrogen) atoms. The van der Waals surface area contributed by atoms with Crippen molar-refractivity contribution in [2.24, 2.45) is 0 Å². The highest BCUT2D eigenvalue weighted by Gasteiger charge is 2.71. The highest BCUT2D eigenvalue weighted by molar-refractivity contribution is 7.95. The molecular formula is C22H20F6N2O3S. The summed E-state index contributed by atoms with van der Waals surface area (Å²) in [5, 5.41) is 21.1. The number of nitrogens with one attached hydrogen (secondary N) is 1. The average molecular weight is 506 g/mol. The maximum Gasteiger partial charge on any atom is 0.430 e. The summed E-state index contributed by atoms with van der Waals surface area (Å²) in [7, 11) is -4.25. The molecule has 0 heterocycles. The number of sulfone groups is 1. The van der Waals surface area contributed by atoms with Gasteiger partial charge < -0.3 is 10.4 Å². The van der Waals surface area contributed by atoms with Gasteiger partial charge in [0.1, 0.15) is 6.07 Å². The van der Waals surface area contributed by atoms with E-state index in [4.69, 9.17) is 0 Å². The third kappa shape index (κ3) is 5.20. The first kappa shape index (κ1) is 27.2. The predicted octanol–water partition coefficient (Wildman–Crippen LogP) is 5.55. The van der Waals surface area contributed by atoms with Crippen molar-refractivity contribution in [2.75, 3.05) is 5.32 Å². The number of alkyl halides is 6. The zero-order chi connectivity index (χ0) is 26.2. The Balaban J connectivity index is 2.34. The summed E-state index contributed by atoms with van der Waals surface area (Å²) in [6.07, 6.45) is -11.3. The molecule has 2 rings (SSSR count). The molecular weight excluding hydrogens is 486 g/mol. The molecule has 0 aliphatic carbocycles. The molecule has 0 saturated carbocycles. The topological polar surface area (TPSA) is 90.2 Å². The van der Waals surface area contributed by atoms with Crippen molar-refractivity contribution in [1.29, 1.82) is 5.26 Å². The van der Waals surface area contributed by atoms with Crippen LogP contribution in [0.3, 0.4) is 0 Å². The van der Waals surface area contributed by atoms with Crippen molar-refractivity contribution in [2.45, 2.75) is 49.0 Å². The second kappa shape index (κ2) is 8.96. The minimum atomic E-state index is -6.04. The molecule has 0 saturated heterocycles. The largest absolute Gasteiger partial charge is 0.430 e. The first-order chi connectivity index (χ1) is 15.4. The number of anilines is 1. The van der Waals surface area contributed by atoms with Gasteiger partial charge in [-0.3, -0.25) is 0 Å². The Morgan fingerprint density at radius 1 is 0.882 bits per heavy atom. The molecule has 5 nitrogen and oxygen atoms in total. The monoisotopic (exact) mass is 506 g/mol. The van der Waals surface area contributed by atoms with Gasteiger partial charge in [0.25, 0.3) is 5.60 Å². The molecule has 0 radical (unpaired) electrons. The lowest BCUT2D eigenvalue weighted by Gasteiger charge is -2.32. The number of allylic oxidation sites excluding steroid dienone is 1. The number of hydrogen-bond acceptors (Lipinski definition) is 5. The van der Waals surface area contributed by atoms with Crippen LogP contribution in [-0.4, -0.2) is 25.9 Å². The molecule has 0 atom stereocenters. The van der Waals surface area contributed by atoms with E-state index in [1.807, 2.05) is 20.8 Å². The molecule has 0 fully saturated rings. The molecule has 0 spiro atoms. The van der Waals surface area contributed by atoms with Gasteiger partial charge in [0.05, 0.1) is 4.90 Å². The summed E-state index contributed by atoms with van der Waals surface area (Å²) in [6.45, 7) is 5.78. The molecule has 2 aromatic rings. The minimum Gasteiger partial charge on any atom is -0.369 e. The van der Waals surface area contributed by atoms with E-state index in [1.54, 1.807) is 12.1 Å². The van der Waals surface area contributed by atoms with Crippen LogP contribution in [0.25, 0.3) is 0 Å². The SMILES string of the molecule is CC(C)(C)c1ccc(S(=O)(=O)/C(C#N)=C/Nc2ccc(C(O)(C(F)(F)F)C(F)(F)F)cc2)cc1. The number of nitriles is 1. The van der Waals surface area contributed by atoms with Crippen molar-refractivity contribution in [3.8, 4) is 6.07 Å². The maximum atomic E-state index is 13.0. The fraction of sp³-hybridized carbons (Fsp3) is 0.318. The fourth-order valence-corrected chi connectivity index (χ4v) is 3.96. The predicted molar refractivity (Wildman–Crippen MR) is 112 cm³/mol. The maximum absolute atomic E-state index is 13.0. The van der Waals surface area contributed by atoms with Crippen molar-refractivity contribution in [1.82, 2.24) is 0 Å². The van der Waals surface area contributed by atoms with E-state index in [1.165, 1.54) is 18.2 Å². The number of nitrogens with zero attached hydrogens (tertiary/aromatic N) is 1. The molecule has 0 aliphatic heterocycles. The molecule has 12 heteroatoms. The Labute approximate surface area is 192 Å². The van der Waals surface area contributed by atoms with Gasteiger partial charge in [-0.25, -0.2) is 8.42 Å². The quantitative estimate of drug-likeness (QED) is 0.410. The van der Waals surface area contributed by atoms with Crippen LogP contribution in [0.4, 0.5) is 32.0 Å². The van der Waals surface area contributed by atoms with Gasteiger partial charge in [0, 0.05) is 17.5 Å². The molecule has 0 aliphatic rings. The van der Waals surface area contributed by atoms with Crippen LogP contribution >= 0.6 is 0 Å². The number of benzene rings is 2. The number of hydrogen-bond donors (Lipinski definition) is 2. The van der Waals surface area contributed by atoms with Crippen molar-refractivity contribution in [3.63, 3.8) is 0 Å². The summed E-state index contributed by atoms with van der Waals surface area (Å²) >= 11 is 0. The summed E-state index contributed by atoms with van der Waals surface area (Å²) < 4.78 is 103. The van der Waals surface area contributed by atoms with Crippen LogP contribution in [0, 0.1) is 11.3 Å². The van der Waals surface area contributed by atoms with Crippen molar-refractivity contribution in [3.05, 3.63) is 70.8 Å². The first-order valence-corrected chi connectivity index (χ1v) is 11.0. The highest BCUT2D eigenvalue weighted by atomic mass is 32.2. The second-order valence-corrected chi connectivity index (χ2v) is 10.2. The van der Waals surface area contributed by atoms with Crippen molar-refractivity contribution < 1.29 is 39.9 Å². The standard InChI is InChI=1S/C22H20F6N2O3S/c1-19(2,3)14-6-10-17(11-7-14)34(32,33)18(12-29)13-30-16-8-4-15(5-9-16)20(31,21(23,24)25)22(26,27)28/h4-11,13,30-31H,1-3H3/b18-13+. The van der Waals surface area contributed by atoms with Crippen LogP contribution < -0.4 is 5.32 Å². The van der Waals surface area contributed by atoms with E-state index in [0.29, 0.717) is 12.1 Å². The van der Waals surface area contributed by atoms with Gasteiger partial charge in [-0.05, 0) is 35.2 Å². The summed E-state index contributed by atoms with van der Waals surface area (Å²) in [6, 6.07) is 9.67. The third-order valence-corrected chi connectivity index (χ3v) is 6.60. The average Bonchev–Trinajstić information content (AvgIpc) is 2.71. The molecule has 0 amide bonds. The summed E-state index contributed by atoms with van der Waals surface area (Å²) in [5.41, 5.74) is -6.08. The second-order valence-electron chi connectivity index (χ2n) is 8.33. The lowest BCUT2D eigenvalue weighted by molar-refractivity contribution is -0.376. The first-order valence-electron chi connectivity index (χ1n) is 9.54. The van der Waals surface area contributed by atoms with Gasteiger partial charge in [-0.2, -0.15) is 31.6 Å². The molecule has 2 N–H and O–H groups in total. The third-order valence-electron chi connectivity index (χ3n) is 4.92. The molecule has 0 aromatic heterocycles. The number of aliphatic hydroxyl groups is 1. The number of rotatable bonds is 5. The van der Waals surface area contributed by atoms with Crippen LogP contribution in [-0.2, 0) is 20.9 Å². The van der Waals surface area contributed by atoms with E-state index in [2.05, 4.69) is 5.32 Å². The van der Waals surface area contributed by atoms with Gasteiger partial charge in [0.15, 0.2) is 4.91 Å². The van der Waals surface area contributed by atoms with Crippen molar-refractivity contribution >= 4 is 15.5 Å². The smallest absolute Gasteiger partial charge is 0.369 e. The van der Waals surface area contributed by atoms with E-state index >= 15 is 0 Å². The Bertz CT molecular complexity index is 1190. The highest BCUT2D eigenvalue weighted by Crippen LogP contribution is 2.50. The number of halogens is 6. The van der Waals surface area contributed by atoms with E-state index in [0.717, 1.165) is 23.9 Å². The van der Waals surface area contributed by atoms with E-state index in [-0.39, 0.29) is 16.0 Å². The normalized spacial score (nSPS) is 14.0. The lowest BCUT2D eigenvalue weighted by atomic mass is 9.87. The van der Waals surface area contributed by atoms with E-state index < -0.39 is 38.3 Å². The van der Waals surface area contributed by atoms with E-state index in [9.17, 15) is 45.1 Å². The molecule has 184 valence electrons. The van der Waals surface area contributed by atoms with Crippen LogP contribution in [0.2, 0.25) is 0 Å². The van der Waals surface area contributed by atoms with Crippen LogP contribution in [0.5, 0.6) is 0 Å².